The molecule has 0 atom stereocenters. The smallest absolute Gasteiger partial charge is 0.361 e. The summed E-state index contributed by atoms with van der Waals surface area (Å²) in [5.41, 5.74) is 9.19. The average Bonchev–Trinajstić information content (AvgIpc) is 3.51. The number of nitrogens with one attached hydrogen (secondary N) is 1. The van der Waals surface area contributed by atoms with Crippen LogP contribution in [-0.2, 0) is 13.0 Å². The van der Waals surface area contributed by atoms with E-state index in [9.17, 15) is 13.2 Å². The van der Waals surface area contributed by atoms with Crippen LogP contribution in [0, 0.1) is 0 Å². The van der Waals surface area contributed by atoms with Gasteiger partial charge in [0.15, 0.2) is 0 Å². The van der Waals surface area contributed by atoms with Gasteiger partial charge >= 0.3 is 6.18 Å². The number of halogens is 3. The third-order valence-electron chi connectivity index (χ3n) is 7.19. The van der Waals surface area contributed by atoms with Crippen molar-refractivity contribution in [3.8, 4) is 11.1 Å². The van der Waals surface area contributed by atoms with Gasteiger partial charge < -0.3 is 4.98 Å². The summed E-state index contributed by atoms with van der Waals surface area (Å²) in [6.45, 7) is 2.13. The summed E-state index contributed by atoms with van der Waals surface area (Å²) in [4.78, 5) is 11.7. The molecule has 1 saturated heterocycles. The first-order valence-corrected chi connectivity index (χ1v) is 12.3. The maximum absolute atomic E-state index is 12.6. The molecule has 0 radical (unpaired) electrons. The lowest BCUT2D eigenvalue weighted by Crippen LogP contribution is -2.48. The van der Waals surface area contributed by atoms with Crippen molar-refractivity contribution in [2.75, 3.05) is 32.7 Å². The Morgan fingerprint density at radius 3 is 2.36 bits per heavy atom. The molecule has 36 heavy (non-hydrogen) atoms. The van der Waals surface area contributed by atoms with Crippen molar-refractivity contribution in [2.24, 2.45) is 0 Å². The second-order valence-electron chi connectivity index (χ2n) is 9.68. The van der Waals surface area contributed by atoms with E-state index in [4.69, 9.17) is 4.98 Å². The largest absolute Gasteiger partial charge is 0.401 e. The first-order valence-electron chi connectivity index (χ1n) is 12.3. The Kier molecular flexibility index (Phi) is 5.90. The predicted molar refractivity (Wildman–Crippen MR) is 137 cm³/mol. The van der Waals surface area contributed by atoms with Gasteiger partial charge in [0.1, 0.15) is 0 Å². The lowest BCUT2D eigenvalue weighted by molar-refractivity contribution is -0.149. The second kappa shape index (κ2) is 9.22. The molecule has 184 valence electrons. The molecule has 7 heteroatoms. The maximum Gasteiger partial charge on any atom is 0.401 e. The minimum absolute atomic E-state index is 0.450. The molecule has 0 bridgehead atoms. The molecule has 4 aromatic rings. The van der Waals surface area contributed by atoms with Crippen molar-refractivity contribution < 1.29 is 13.2 Å². The van der Waals surface area contributed by atoms with Gasteiger partial charge in [-0.05, 0) is 51.9 Å². The highest BCUT2D eigenvalue weighted by atomic mass is 19.4. The van der Waals surface area contributed by atoms with Crippen molar-refractivity contribution in [1.82, 2.24) is 19.8 Å². The number of aromatic amines is 1. The third-order valence-corrected chi connectivity index (χ3v) is 7.19. The van der Waals surface area contributed by atoms with Gasteiger partial charge in [-0.25, -0.2) is 0 Å². The van der Waals surface area contributed by atoms with Crippen LogP contribution in [0.4, 0.5) is 13.2 Å². The summed E-state index contributed by atoms with van der Waals surface area (Å²) >= 11 is 0. The molecule has 3 heterocycles. The van der Waals surface area contributed by atoms with Crippen LogP contribution >= 0.6 is 0 Å². The molecule has 0 amide bonds. The van der Waals surface area contributed by atoms with Crippen molar-refractivity contribution in [3.63, 3.8) is 0 Å². The molecule has 2 aromatic heterocycles. The topological polar surface area (TPSA) is 35.2 Å². The van der Waals surface area contributed by atoms with E-state index in [1.165, 1.54) is 27.0 Å². The van der Waals surface area contributed by atoms with E-state index in [1.54, 1.807) is 0 Å². The minimum atomic E-state index is -4.13. The number of hydrogen-bond acceptors (Lipinski definition) is 3. The molecule has 0 saturated carbocycles. The molecule has 2 aliphatic rings. The molecule has 6 rings (SSSR count). The highest BCUT2D eigenvalue weighted by Crippen LogP contribution is 2.35. The van der Waals surface area contributed by atoms with E-state index in [2.05, 4.69) is 70.6 Å². The van der Waals surface area contributed by atoms with Crippen LogP contribution in [0.2, 0.25) is 0 Å². The number of piperazine rings is 1. The van der Waals surface area contributed by atoms with Crippen LogP contribution in [0.15, 0.2) is 73.1 Å². The monoisotopic (exact) mass is 488 g/mol. The van der Waals surface area contributed by atoms with E-state index < -0.39 is 12.7 Å². The Hall–Kier alpha value is -3.42. The zero-order chi connectivity index (χ0) is 24.7. The minimum Gasteiger partial charge on any atom is -0.361 e. The van der Waals surface area contributed by atoms with E-state index in [-0.39, 0.29) is 0 Å². The lowest BCUT2D eigenvalue weighted by Gasteiger charge is -2.35. The molecule has 4 nitrogen and oxygen atoms in total. The fourth-order valence-electron chi connectivity index (χ4n) is 5.27. The van der Waals surface area contributed by atoms with E-state index in [0.29, 0.717) is 26.2 Å². The summed E-state index contributed by atoms with van der Waals surface area (Å²) in [5.74, 6) is 0. The number of nitrogens with zero attached hydrogens (tertiary/aromatic N) is 3. The number of H-pyrrole nitrogens is 1. The van der Waals surface area contributed by atoms with Gasteiger partial charge in [0, 0.05) is 68.2 Å². The van der Waals surface area contributed by atoms with Gasteiger partial charge in [-0.2, -0.15) is 13.2 Å². The zero-order valence-electron chi connectivity index (χ0n) is 19.9. The average molecular weight is 489 g/mol. The normalized spacial score (nSPS) is 16.9. The zero-order valence-corrected chi connectivity index (χ0v) is 19.9. The number of aromatic nitrogens is 2. The second-order valence-corrected chi connectivity index (χ2v) is 9.68. The number of benzene rings is 2. The van der Waals surface area contributed by atoms with Gasteiger partial charge in [0.2, 0.25) is 0 Å². The Bertz CT molecular complexity index is 1410. The summed E-state index contributed by atoms with van der Waals surface area (Å²) in [5, 5.41) is 1.20. The van der Waals surface area contributed by atoms with E-state index in [0.717, 1.165) is 40.9 Å². The van der Waals surface area contributed by atoms with Gasteiger partial charge in [-0.15, -0.1) is 0 Å². The SMILES string of the molecule is FC(F)(F)CN1CCN(Cc2ccc(-c3cnc4c(c3)C(c3ccc5[nH]ccc5c3)=CC4)cc2)CC1. The van der Waals surface area contributed by atoms with E-state index in [1.807, 2.05) is 12.4 Å². The first kappa shape index (κ1) is 23.0. The molecule has 0 spiro atoms. The maximum atomic E-state index is 12.6. The van der Waals surface area contributed by atoms with Crippen molar-refractivity contribution in [1.29, 1.82) is 0 Å². The Labute approximate surface area is 208 Å². The first-order chi connectivity index (χ1) is 17.4. The van der Waals surface area contributed by atoms with Gasteiger partial charge in [0.25, 0.3) is 0 Å². The molecular weight excluding hydrogens is 461 g/mol. The fraction of sp³-hybridized carbons (Fsp3) is 0.276. The number of pyridine rings is 1. The highest BCUT2D eigenvalue weighted by molar-refractivity contribution is 5.90. The Morgan fingerprint density at radius 1 is 0.833 bits per heavy atom. The van der Waals surface area contributed by atoms with Crippen LogP contribution in [0.5, 0.6) is 0 Å². The van der Waals surface area contributed by atoms with Gasteiger partial charge in [0.05, 0.1) is 12.2 Å². The number of rotatable bonds is 5. The Morgan fingerprint density at radius 2 is 1.58 bits per heavy atom. The van der Waals surface area contributed by atoms with Crippen LogP contribution in [0.25, 0.3) is 27.6 Å². The number of fused-ring (bicyclic) bond motifs is 2. The molecule has 1 aliphatic heterocycles. The Balaban J connectivity index is 1.14. The summed E-state index contributed by atoms with van der Waals surface area (Å²) in [6, 6.07) is 19.3. The molecule has 1 fully saturated rings. The van der Waals surface area contributed by atoms with Crippen molar-refractivity contribution in [2.45, 2.75) is 19.1 Å². The van der Waals surface area contributed by atoms with Gasteiger partial charge in [-0.3, -0.25) is 14.8 Å². The molecule has 1 N–H and O–H groups in total. The van der Waals surface area contributed by atoms with Crippen molar-refractivity contribution in [3.05, 3.63) is 95.5 Å². The number of allylic oxidation sites excluding steroid dienone is 1. The lowest BCUT2D eigenvalue weighted by atomic mass is 9.97. The van der Waals surface area contributed by atoms with Crippen LogP contribution in [-0.4, -0.2) is 58.7 Å². The molecule has 0 unspecified atom stereocenters. The van der Waals surface area contributed by atoms with E-state index >= 15 is 0 Å². The third kappa shape index (κ3) is 4.81. The predicted octanol–water partition coefficient (Wildman–Crippen LogP) is 5.90. The quantitative estimate of drug-likeness (QED) is 0.380. The fourth-order valence-corrected chi connectivity index (χ4v) is 5.27. The summed E-state index contributed by atoms with van der Waals surface area (Å²) < 4.78 is 37.9. The van der Waals surface area contributed by atoms with Gasteiger partial charge in [-0.1, -0.05) is 36.4 Å². The standard InChI is InChI=1S/C29H27F3N4/c30-29(31,32)19-36-13-11-35(12-14-36)18-20-1-3-21(4-2-20)24-16-26-25(6-8-28(26)34-17-24)22-5-7-27-23(15-22)9-10-33-27/h1-7,9-10,15-17,33H,8,11-14,18-19H2. The van der Waals surface area contributed by atoms with Crippen LogP contribution < -0.4 is 0 Å². The molecule has 1 aliphatic carbocycles. The summed E-state index contributed by atoms with van der Waals surface area (Å²) in [6.07, 6.45) is 2.87. The molecular formula is C29H27F3N4. The number of hydrogen-bond donors (Lipinski definition) is 1. The van der Waals surface area contributed by atoms with Crippen molar-refractivity contribution >= 4 is 16.5 Å². The highest BCUT2D eigenvalue weighted by Gasteiger charge is 2.32. The van der Waals surface area contributed by atoms with Crippen LogP contribution in [0.1, 0.15) is 22.4 Å². The molecule has 2 aromatic carbocycles. The van der Waals surface area contributed by atoms with Crippen LogP contribution in [0.3, 0.4) is 0 Å². The summed E-state index contributed by atoms with van der Waals surface area (Å²) in [7, 11) is 0. The number of alkyl halides is 3.